The minimum Gasteiger partial charge on any atom is -0.147 e. The molecule has 0 radical (unpaired) electrons. The van der Waals surface area contributed by atoms with Crippen molar-refractivity contribution in [1.29, 1.82) is 0 Å². The van der Waals surface area contributed by atoms with E-state index in [-0.39, 0.29) is 85.0 Å². The summed E-state index contributed by atoms with van der Waals surface area (Å²) in [6, 6.07) is 0. The second-order valence-corrected chi connectivity index (χ2v) is 0. The Hall–Kier alpha value is 2.42. The van der Waals surface area contributed by atoms with Crippen molar-refractivity contribution in [2.45, 2.75) is 0 Å². The number of hydrogen-bond donors (Lipinski definition) is 0. The van der Waals surface area contributed by atoms with Crippen molar-refractivity contribution in [1.82, 2.24) is 0 Å². The predicted molar refractivity (Wildman–Crippen MR) is 35.1 cm³/mol. The van der Waals surface area contributed by atoms with E-state index in [1.165, 1.54) is 0 Å². The van der Waals surface area contributed by atoms with Gasteiger partial charge in [-0.2, -0.15) is 0 Å². The van der Waals surface area contributed by atoms with Crippen LogP contribution in [0.1, 0.15) is 0 Å². The molecule has 0 N–H and O–H groups in total. The zero-order valence-corrected chi connectivity index (χ0v) is 9.65. The second-order valence-electron chi connectivity index (χ2n) is 0. The molecule has 0 fully saturated rings. The van der Waals surface area contributed by atoms with Crippen molar-refractivity contribution in [2.24, 2.45) is 0 Å². The maximum absolute atomic E-state index is 0. The van der Waals surface area contributed by atoms with Crippen molar-refractivity contribution in [3.8, 4) is 0 Å². The molecule has 0 aromatic carbocycles. The van der Waals surface area contributed by atoms with Gasteiger partial charge in [-0.15, -0.1) is 58.8 Å². The summed E-state index contributed by atoms with van der Waals surface area (Å²) in [5.41, 5.74) is 0. The summed E-state index contributed by atoms with van der Waals surface area (Å²) in [5, 5.41) is 0. The Morgan fingerprint density at radius 2 is 0.600 bits per heavy atom. The van der Waals surface area contributed by atoms with E-state index in [0.717, 1.165) is 0 Å². The van der Waals surface area contributed by atoms with Gasteiger partial charge in [-0.25, -0.2) is 0 Å². The minimum absolute atomic E-state index is 0. The third kappa shape index (κ3) is 21.4. The molecular formula is H4Br2Cl2Zr. The van der Waals surface area contributed by atoms with Crippen LogP contribution in [0.4, 0.5) is 0 Å². The van der Waals surface area contributed by atoms with Gasteiger partial charge < -0.3 is 0 Å². The molecule has 0 saturated heterocycles. The Kier molecular flexibility index (Phi) is 336. The molecule has 0 bridgehead atoms. The summed E-state index contributed by atoms with van der Waals surface area (Å²) in [5.74, 6) is 0. The van der Waals surface area contributed by atoms with Crippen LogP contribution < -0.4 is 0 Å². The Morgan fingerprint density at radius 3 is 0.600 bits per heavy atom. The first-order valence-electron chi connectivity index (χ1n) is 0. The third-order valence-corrected chi connectivity index (χ3v) is 0. The first kappa shape index (κ1) is 52.2. The average Bonchev–Trinajstić information content (AvgIpc) is 0. The van der Waals surface area contributed by atoms with Crippen LogP contribution in [-0.4, -0.2) is 0 Å². The molecule has 0 atom stereocenters. The SMILES string of the molecule is Br.Br.Cl.Cl.[Zr]. The van der Waals surface area contributed by atoms with Crippen LogP contribution in [-0.2, 0) is 26.2 Å². The normalized spacial score (nSPS) is 0. The molecule has 5 heteroatoms. The van der Waals surface area contributed by atoms with Crippen LogP contribution in [0, 0.1) is 0 Å². The summed E-state index contributed by atoms with van der Waals surface area (Å²) in [6.07, 6.45) is 0. The Labute approximate surface area is 83.9 Å². The van der Waals surface area contributed by atoms with E-state index in [1.807, 2.05) is 0 Å². The van der Waals surface area contributed by atoms with Crippen molar-refractivity contribution in [3.05, 3.63) is 0 Å². The monoisotopic (exact) mass is 322 g/mol. The number of hydrogen-bond acceptors (Lipinski definition) is 0. The fraction of sp³-hybridized carbons (Fsp3) is 0. The molecule has 0 aliphatic rings. The molecule has 0 heterocycles. The van der Waals surface area contributed by atoms with Gasteiger partial charge in [-0.1, -0.05) is 0 Å². The van der Waals surface area contributed by atoms with E-state index in [9.17, 15) is 0 Å². The van der Waals surface area contributed by atoms with E-state index in [4.69, 9.17) is 0 Å². The third-order valence-electron chi connectivity index (χ3n) is 0. The van der Waals surface area contributed by atoms with Crippen LogP contribution in [0.5, 0.6) is 0 Å². The molecule has 0 saturated carbocycles. The summed E-state index contributed by atoms with van der Waals surface area (Å²) < 4.78 is 0. The Morgan fingerprint density at radius 1 is 0.600 bits per heavy atom. The molecule has 0 aromatic heterocycles. The van der Waals surface area contributed by atoms with Crippen LogP contribution in [0.2, 0.25) is 0 Å². The molecule has 36 valence electrons. The van der Waals surface area contributed by atoms with E-state index < -0.39 is 0 Å². The van der Waals surface area contributed by atoms with Gasteiger partial charge in [0.05, 0.1) is 0 Å². The van der Waals surface area contributed by atoms with Gasteiger partial charge >= 0.3 is 0 Å². The van der Waals surface area contributed by atoms with Gasteiger partial charge in [0.1, 0.15) is 0 Å². The fourth-order valence-electron chi connectivity index (χ4n) is 0. The van der Waals surface area contributed by atoms with Crippen molar-refractivity contribution < 1.29 is 26.2 Å². The smallest absolute Gasteiger partial charge is 0 e. The van der Waals surface area contributed by atoms with Gasteiger partial charge in [0.25, 0.3) is 0 Å². The average molecular weight is 326 g/mol. The first-order chi connectivity index (χ1) is 0. The van der Waals surface area contributed by atoms with E-state index >= 15 is 0 Å². The van der Waals surface area contributed by atoms with Gasteiger partial charge in [-0.3, -0.25) is 0 Å². The van der Waals surface area contributed by atoms with E-state index in [1.54, 1.807) is 0 Å². The van der Waals surface area contributed by atoms with Crippen molar-refractivity contribution >= 4 is 58.8 Å². The van der Waals surface area contributed by atoms with Crippen LogP contribution >= 0.6 is 58.8 Å². The minimum atomic E-state index is 0. The molecule has 5 heavy (non-hydrogen) atoms. The molecule has 0 nitrogen and oxygen atoms in total. The fourth-order valence-corrected chi connectivity index (χ4v) is 0. The van der Waals surface area contributed by atoms with Gasteiger partial charge in [0, 0.05) is 26.2 Å². The summed E-state index contributed by atoms with van der Waals surface area (Å²) in [7, 11) is 0. The standard InChI is InChI=1S/2BrH.2ClH.Zr/h4*1H;. The zero-order valence-electron chi connectivity index (χ0n) is 2.13. The van der Waals surface area contributed by atoms with Crippen molar-refractivity contribution in [2.75, 3.05) is 0 Å². The molecular weight excluding hydrogens is 322 g/mol. The molecule has 0 aromatic rings. The molecule has 0 aliphatic heterocycles. The quantitative estimate of drug-likeness (QED) is 0.639. The Bertz CT molecular complexity index is 7.61. The van der Waals surface area contributed by atoms with Crippen LogP contribution in [0.25, 0.3) is 0 Å². The molecule has 0 aliphatic carbocycles. The number of halogens is 4. The largest absolute Gasteiger partial charge is 0.147 e. The van der Waals surface area contributed by atoms with Crippen molar-refractivity contribution in [3.63, 3.8) is 0 Å². The summed E-state index contributed by atoms with van der Waals surface area (Å²) >= 11 is 0. The van der Waals surface area contributed by atoms with E-state index in [2.05, 4.69) is 0 Å². The van der Waals surface area contributed by atoms with Crippen LogP contribution in [0.3, 0.4) is 0 Å². The first-order valence-corrected chi connectivity index (χ1v) is 0. The summed E-state index contributed by atoms with van der Waals surface area (Å²) in [4.78, 5) is 0. The van der Waals surface area contributed by atoms with Crippen LogP contribution in [0.15, 0.2) is 0 Å². The van der Waals surface area contributed by atoms with Gasteiger partial charge in [-0.05, 0) is 0 Å². The zero-order chi connectivity index (χ0) is 0. The maximum Gasteiger partial charge on any atom is 0 e. The Balaban J connectivity index is 0. The maximum atomic E-state index is 0. The topological polar surface area (TPSA) is 0 Å². The van der Waals surface area contributed by atoms with E-state index in [0.29, 0.717) is 0 Å². The number of rotatable bonds is 0. The molecule has 0 rings (SSSR count). The molecule has 0 amide bonds. The molecule has 0 unspecified atom stereocenters. The van der Waals surface area contributed by atoms with Gasteiger partial charge in [0.15, 0.2) is 0 Å². The predicted octanol–water partition coefficient (Wildman–Crippen LogP) is 2.00. The second kappa shape index (κ2) is 32.2. The summed E-state index contributed by atoms with van der Waals surface area (Å²) in [6.45, 7) is 0. The van der Waals surface area contributed by atoms with Gasteiger partial charge in [0.2, 0.25) is 0 Å². The molecule has 0 spiro atoms.